The van der Waals surface area contributed by atoms with Gasteiger partial charge in [-0.25, -0.2) is 8.42 Å². The number of sulfonamides is 1. The van der Waals surface area contributed by atoms with Crippen LogP contribution in [0.15, 0.2) is 18.2 Å². The minimum absolute atomic E-state index is 0.133. The van der Waals surface area contributed by atoms with Crippen molar-refractivity contribution in [2.75, 3.05) is 30.2 Å². The molecule has 0 spiro atoms. The molecule has 23 heavy (non-hydrogen) atoms. The van der Waals surface area contributed by atoms with Gasteiger partial charge in [-0.1, -0.05) is 11.6 Å². The second-order valence-corrected chi connectivity index (χ2v) is 7.70. The molecular weight excluding hydrogens is 340 g/mol. The van der Waals surface area contributed by atoms with Crippen LogP contribution in [0.3, 0.4) is 0 Å². The number of amides is 1. The smallest absolute Gasteiger partial charge is 0.263 e. The van der Waals surface area contributed by atoms with E-state index in [1.807, 2.05) is 13.8 Å². The number of benzene rings is 1. The average molecular weight is 361 g/mol. The molecule has 0 aliphatic carbocycles. The van der Waals surface area contributed by atoms with Gasteiger partial charge in [-0.05, 0) is 32.0 Å². The van der Waals surface area contributed by atoms with Crippen molar-refractivity contribution in [1.29, 1.82) is 0 Å². The van der Waals surface area contributed by atoms with E-state index in [0.29, 0.717) is 29.5 Å². The number of rotatable bonds is 4. The molecule has 0 unspecified atom stereocenters. The van der Waals surface area contributed by atoms with Crippen LogP contribution < -0.4 is 9.04 Å². The number of carbonyl (C=O) groups excluding carboxylic acids is 1. The molecule has 8 heteroatoms. The Balaban J connectivity index is 2.41. The van der Waals surface area contributed by atoms with Crippen LogP contribution in [0.2, 0.25) is 5.02 Å². The predicted octanol–water partition coefficient (Wildman–Crippen LogP) is 2.13. The third-order valence-corrected chi connectivity index (χ3v) is 5.22. The summed E-state index contributed by atoms with van der Waals surface area (Å²) >= 11 is 5.99. The maximum atomic E-state index is 12.6. The van der Waals surface area contributed by atoms with Gasteiger partial charge < -0.3 is 9.64 Å². The molecule has 1 aliphatic heterocycles. The lowest BCUT2D eigenvalue weighted by molar-refractivity contribution is -0.138. The number of fused-ring (bicyclic) bond motifs is 1. The van der Waals surface area contributed by atoms with Gasteiger partial charge in [-0.3, -0.25) is 9.10 Å². The Kier molecular flexibility index (Phi) is 5.41. The quantitative estimate of drug-likeness (QED) is 0.825. The molecule has 0 saturated heterocycles. The van der Waals surface area contributed by atoms with Crippen LogP contribution in [-0.4, -0.2) is 51.2 Å². The van der Waals surface area contributed by atoms with Gasteiger partial charge in [0.1, 0.15) is 5.75 Å². The highest BCUT2D eigenvalue weighted by Crippen LogP contribution is 2.36. The van der Waals surface area contributed by atoms with Crippen molar-refractivity contribution in [3.8, 4) is 5.75 Å². The third-order valence-electron chi connectivity index (χ3n) is 3.80. The first kappa shape index (κ1) is 17.9. The Labute approximate surface area is 142 Å². The van der Waals surface area contributed by atoms with Gasteiger partial charge in [-0.15, -0.1) is 0 Å². The fraction of sp³-hybridized carbons (Fsp3) is 0.533. The van der Waals surface area contributed by atoms with Crippen molar-refractivity contribution in [3.05, 3.63) is 23.2 Å². The average Bonchev–Trinajstić information content (AvgIpc) is 2.67. The van der Waals surface area contributed by atoms with Gasteiger partial charge in [0.05, 0.1) is 11.9 Å². The molecule has 1 aliphatic rings. The Morgan fingerprint density at radius 2 is 2.04 bits per heavy atom. The third kappa shape index (κ3) is 3.90. The Morgan fingerprint density at radius 1 is 1.39 bits per heavy atom. The van der Waals surface area contributed by atoms with Gasteiger partial charge >= 0.3 is 0 Å². The number of carbonyl (C=O) groups is 1. The molecule has 0 fully saturated rings. The van der Waals surface area contributed by atoms with Gasteiger partial charge in [0.2, 0.25) is 10.0 Å². The number of halogens is 1. The lowest BCUT2D eigenvalue weighted by atomic mass is 10.2. The monoisotopic (exact) mass is 360 g/mol. The Morgan fingerprint density at radius 3 is 2.61 bits per heavy atom. The molecule has 0 radical (unpaired) electrons. The minimum atomic E-state index is -3.49. The maximum Gasteiger partial charge on any atom is 0.263 e. The van der Waals surface area contributed by atoms with Crippen LogP contribution in [0.1, 0.15) is 20.3 Å². The summed E-state index contributed by atoms with van der Waals surface area (Å²) in [5, 5.41) is 0.412. The molecule has 1 amide bonds. The number of hydrogen-bond donors (Lipinski definition) is 0. The summed E-state index contributed by atoms with van der Waals surface area (Å²) < 4.78 is 31.2. The molecule has 1 aromatic rings. The second-order valence-electron chi connectivity index (χ2n) is 5.35. The van der Waals surface area contributed by atoms with E-state index >= 15 is 0 Å². The first-order valence-corrected chi connectivity index (χ1v) is 9.73. The Hall–Kier alpha value is -1.47. The van der Waals surface area contributed by atoms with Gasteiger partial charge in [0.25, 0.3) is 5.91 Å². The summed E-state index contributed by atoms with van der Waals surface area (Å²) in [6.45, 7) is 5.13. The van der Waals surface area contributed by atoms with Crippen LogP contribution >= 0.6 is 11.6 Å². The summed E-state index contributed by atoms with van der Waals surface area (Å²) in [4.78, 5) is 14.2. The minimum Gasteiger partial charge on any atom is -0.478 e. The molecule has 0 saturated carbocycles. The van der Waals surface area contributed by atoms with Crippen molar-refractivity contribution in [1.82, 2.24) is 4.90 Å². The van der Waals surface area contributed by atoms with E-state index in [-0.39, 0.29) is 18.9 Å². The lowest BCUT2D eigenvalue weighted by Crippen LogP contribution is -2.42. The zero-order chi connectivity index (χ0) is 17.2. The lowest BCUT2D eigenvalue weighted by Gasteiger charge is -2.24. The summed E-state index contributed by atoms with van der Waals surface area (Å²) in [6, 6.07) is 4.76. The van der Waals surface area contributed by atoms with E-state index in [4.69, 9.17) is 16.3 Å². The predicted molar refractivity (Wildman–Crippen MR) is 90.6 cm³/mol. The number of hydrogen-bond acceptors (Lipinski definition) is 4. The van der Waals surface area contributed by atoms with E-state index in [2.05, 4.69) is 0 Å². The standard InChI is InChI=1S/C15H21ClN2O4S/c1-4-17(5-2)15(19)14-8-9-18(23(3,20)21)12-10-11(16)6-7-13(12)22-14/h6-7,10,14H,4-5,8-9H2,1-3H3/t14-/m1/s1. The highest BCUT2D eigenvalue weighted by molar-refractivity contribution is 7.92. The molecule has 0 bridgehead atoms. The zero-order valence-corrected chi connectivity index (χ0v) is 15.0. The van der Waals surface area contributed by atoms with Crippen molar-refractivity contribution < 1.29 is 17.9 Å². The molecule has 128 valence electrons. The van der Waals surface area contributed by atoms with Gasteiger partial charge in [0, 0.05) is 31.1 Å². The van der Waals surface area contributed by atoms with Crippen LogP contribution in [0, 0.1) is 0 Å². The molecule has 1 atom stereocenters. The Bertz CT molecular complexity index is 689. The van der Waals surface area contributed by atoms with Crippen molar-refractivity contribution in [2.24, 2.45) is 0 Å². The summed E-state index contributed by atoms with van der Waals surface area (Å²) in [6.07, 6.45) is 0.709. The molecule has 0 N–H and O–H groups in total. The number of anilines is 1. The van der Waals surface area contributed by atoms with E-state index in [1.54, 1.807) is 23.1 Å². The van der Waals surface area contributed by atoms with Gasteiger partial charge in [-0.2, -0.15) is 0 Å². The van der Waals surface area contributed by atoms with E-state index in [1.165, 1.54) is 4.31 Å². The largest absolute Gasteiger partial charge is 0.478 e. The first-order valence-electron chi connectivity index (χ1n) is 7.50. The highest BCUT2D eigenvalue weighted by atomic mass is 35.5. The van der Waals surface area contributed by atoms with Crippen molar-refractivity contribution in [2.45, 2.75) is 26.4 Å². The summed E-state index contributed by atoms with van der Waals surface area (Å²) in [7, 11) is -3.49. The van der Waals surface area contributed by atoms with Crippen LogP contribution in [-0.2, 0) is 14.8 Å². The van der Waals surface area contributed by atoms with Crippen LogP contribution in [0.4, 0.5) is 5.69 Å². The normalized spacial score (nSPS) is 17.9. The van der Waals surface area contributed by atoms with Crippen molar-refractivity contribution in [3.63, 3.8) is 0 Å². The number of likely N-dealkylation sites (N-methyl/N-ethyl adjacent to an activating group) is 1. The topological polar surface area (TPSA) is 66.9 Å². The summed E-state index contributed by atoms with van der Waals surface area (Å²) in [5.41, 5.74) is 0.370. The second kappa shape index (κ2) is 6.97. The van der Waals surface area contributed by atoms with E-state index < -0.39 is 16.1 Å². The molecular formula is C15H21ClN2O4S. The van der Waals surface area contributed by atoms with Gasteiger partial charge in [0.15, 0.2) is 6.10 Å². The summed E-state index contributed by atoms with van der Waals surface area (Å²) in [5.74, 6) is 0.217. The molecule has 1 aromatic carbocycles. The molecule has 2 rings (SSSR count). The first-order chi connectivity index (χ1) is 10.8. The number of nitrogens with zero attached hydrogens (tertiary/aromatic N) is 2. The van der Waals surface area contributed by atoms with E-state index in [0.717, 1.165) is 6.26 Å². The zero-order valence-electron chi connectivity index (χ0n) is 13.5. The fourth-order valence-electron chi connectivity index (χ4n) is 2.61. The molecule has 1 heterocycles. The van der Waals surface area contributed by atoms with Crippen LogP contribution in [0.5, 0.6) is 5.75 Å². The highest BCUT2D eigenvalue weighted by Gasteiger charge is 2.32. The fourth-order valence-corrected chi connectivity index (χ4v) is 3.71. The van der Waals surface area contributed by atoms with E-state index in [9.17, 15) is 13.2 Å². The SMILES string of the molecule is CCN(CC)C(=O)[C@H]1CCN(S(C)(=O)=O)c2cc(Cl)ccc2O1. The number of ether oxygens (including phenoxy) is 1. The molecule has 0 aromatic heterocycles. The van der Waals surface area contributed by atoms with Crippen LogP contribution in [0.25, 0.3) is 0 Å². The molecule has 6 nitrogen and oxygen atoms in total. The van der Waals surface area contributed by atoms with Crippen molar-refractivity contribution >= 4 is 33.2 Å². The maximum absolute atomic E-state index is 12.6.